The summed E-state index contributed by atoms with van der Waals surface area (Å²) in [5, 5.41) is 0. The lowest BCUT2D eigenvalue weighted by atomic mass is 10.3. The number of aldehydes is 1. The van der Waals surface area contributed by atoms with E-state index in [1.165, 1.54) is 0 Å². The van der Waals surface area contributed by atoms with Gasteiger partial charge in [0.25, 0.3) is 0 Å². The lowest BCUT2D eigenvalue weighted by Gasteiger charge is -1.95. The Morgan fingerprint density at radius 2 is 2.22 bits per heavy atom. The monoisotopic (exact) mass is 126 g/mol. The average Bonchev–Trinajstić information content (AvgIpc) is 1.87. The van der Waals surface area contributed by atoms with Crippen molar-refractivity contribution in [3.05, 3.63) is 24.0 Å². The van der Waals surface area contributed by atoms with Gasteiger partial charge in [-0.15, -0.1) is 0 Å². The van der Waals surface area contributed by atoms with Gasteiger partial charge in [0, 0.05) is 5.57 Å². The second kappa shape index (κ2) is 3.89. The number of hydrogen-bond acceptors (Lipinski definition) is 2. The molecule has 0 amide bonds. The molecule has 0 aliphatic rings. The predicted octanol–water partition coefficient (Wildman–Crippen LogP) is 1.29. The number of carbonyl (C=O) groups is 1. The molecule has 9 heavy (non-hydrogen) atoms. The number of allylic oxidation sites excluding steroid dienone is 3. The number of rotatable bonds is 3. The summed E-state index contributed by atoms with van der Waals surface area (Å²) >= 11 is 0. The molecule has 0 saturated carbocycles. The molecule has 0 fully saturated rings. The van der Waals surface area contributed by atoms with Gasteiger partial charge in [-0.1, -0.05) is 6.58 Å². The molecule has 0 bridgehead atoms. The topological polar surface area (TPSA) is 26.3 Å². The van der Waals surface area contributed by atoms with Crippen molar-refractivity contribution in [2.75, 3.05) is 7.11 Å². The van der Waals surface area contributed by atoms with E-state index in [0.29, 0.717) is 17.6 Å². The highest BCUT2D eigenvalue weighted by molar-refractivity contribution is 5.76. The van der Waals surface area contributed by atoms with Gasteiger partial charge < -0.3 is 4.74 Å². The van der Waals surface area contributed by atoms with E-state index < -0.39 is 0 Å². The Kier molecular flexibility index (Phi) is 3.44. The smallest absolute Gasteiger partial charge is 0.149 e. The third-order valence-corrected chi connectivity index (χ3v) is 0.862. The second-order valence-electron chi connectivity index (χ2n) is 1.65. The minimum atomic E-state index is 0.425. The highest BCUT2D eigenvalue weighted by Gasteiger charge is 1.86. The zero-order valence-electron chi connectivity index (χ0n) is 5.68. The molecule has 0 N–H and O–H groups in total. The molecule has 0 aromatic heterocycles. The van der Waals surface area contributed by atoms with Crippen LogP contribution in [0.3, 0.4) is 0 Å². The van der Waals surface area contributed by atoms with Crippen molar-refractivity contribution < 1.29 is 9.53 Å². The quantitative estimate of drug-likeness (QED) is 0.246. The third kappa shape index (κ3) is 3.53. The SMILES string of the molecule is C=C(C=O)/C=C(\C)OC. The lowest BCUT2D eigenvalue weighted by molar-refractivity contribution is -0.104. The molecule has 0 aromatic carbocycles. The maximum atomic E-state index is 9.96. The summed E-state index contributed by atoms with van der Waals surface area (Å²) < 4.78 is 4.76. The number of ether oxygens (including phenoxy) is 1. The Balaban J connectivity index is 3.94. The van der Waals surface area contributed by atoms with E-state index in [4.69, 9.17) is 4.74 Å². The Morgan fingerprint density at radius 3 is 2.56 bits per heavy atom. The van der Waals surface area contributed by atoms with E-state index in [2.05, 4.69) is 6.58 Å². The first-order valence-electron chi connectivity index (χ1n) is 2.57. The van der Waals surface area contributed by atoms with Crippen molar-refractivity contribution in [1.82, 2.24) is 0 Å². The minimum Gasteiger partial charge on any atom is -0.501 e. The van der Waals surface area contributed by atoms with Crippen molar-refractivity contribution >= 4 is 6.29 Å². The van der Waals surface area contributed by atoms with Gasteiger partial charge in [-0.05, 0) is 13.0 Å². The fraction of sp³-hybridized carbons (Fsp3) is 0.286. The van der Waals surface area contributed by atoms with Gasteiger partial charge in [-0.25, -0.2) is 0 Å². The first kappa shape index (κ1) is 7.95. The summed E-state index contributed by atoms with van der Waals surface area (Å²) in [6.45, 7) is 5.20. The van der Waals surface area contributed by atoms with E-state index in [1.807, 2.05) is 0 Å². The fourth-order valence-electron chi connectivity index (χ4n) is 0.354. The maximum absolute atomic E-state index is 9.96. The van der Waals surface area contributed by atoms with Gasteiger partial charge in [-0.2, -0.15) is 0 Å². The number of methoxy groups -OCH3 is 1. The van der Waals surface area contributed by atoms with Gasteiger partial charge in [0.05, 0.1) is 12.9 Å². The van der Waals surface area contributed by atoms with Crippen molar-refractivity contribution in [2.24, 2.45) is 0 Å². The molecule has 0 aromatic rings. The molecule has 0 saturated heterocycles. The zero-order chi connectivity index (χ0) is 7.28. The van der Waals surface area contributed by atoms with E-state index in [9.17, 15) is 4.79 Å². The first-order chi connectivity index (χ1) is 4.20. The Morgan fingerprint density at radius 1 is 1.67 bits per heavy atom. The van der Waals surface area contributed by atoms with Gasteiger partial charge in [-0.3, -0.25) is 4.79 Å². The van der Waals surface area contributed by atoms with Crippen LogP contribution in [-0.4, -0.2) is 13.4 Å². The molecule has 0 spiro atoms. The molecule has 2 nitrogen and oxygen atoms in total. The van der Waals surface area contributed by atoms with Crippen LogP contribution in [-0.2, 0) is 9.53 Å². The van der Waals surface area contributed by atoms with Crippen LogP contribution < -0.4 is 0 Å². The fourth-order valence-corrected chi connectivity index (χ4v) is 0.354. The average molecular weight is 126 g/mol. The predicted molar refractivity (Wildman–Crippen MR) is 36.0 cm³/mol. The Bertz CT molecular complexity index is 145. The number of hydrogen-bond donors (Lipinski definition) is 0. The molecule has 0 aliphatic heterocycles. The molecule has 50 valence electrons. The highest BCUT2D eigenvalue weighted by atomic mass is 16.5. The summed E-state index contributed by atoms with van der Waals surface area (Å²) in [6.07, 6.45) is 2.26. The van der Waals surface area contributed by atoms with E-state index in [-0.39, 0.29) is 0 Å². The first-order valence-corrected chi connectivity index (χ1v) is 2.57. The molecule has 0 radical (unpaired) electrons. The Labute approximate surface area is 54.8 Å². The molecular formula is C7H10O2. The maximum Gasteiger partial charge on any atom is 0.149 e. The molecular weight excluding hydrogens is 116 g/mol. The molecule has 0 rings (SSSR count). The second-order valence-corrected chi connectivity index (χ2v) is 1.65. The van der Waals surface area contributed by atoms with E-state index in [0.717, 1.165) is 0 Å². The lowest BCUT2D eigenvalue weighted by Crippen LogP contribution is -1.81. The van der Waals surface area contributed by atoms with Crippen LogP contribution >= 0.6 is 0 Å². The molecule has 0 aliphatic carbocycles. The van der Waals surface area contributed by atoms with Crippen LogP contribution in [0.15, 0.2) is 24.0 Å². The highest BCUT2D eigenvalue weighted by Crippen LogP contribution is 1.96. The van der Waals surface area contributed by atoms with E-state index >= 15 is 0 Å². The van der Waals surface area contributed by atoms with Gasteiger partial charge in [0.15, 0.2) is 0 Å². The van der Waals surface area contributed by atoms with Crippen LogP contribution in [0.1, 0.15) is 6.92 Å². The van der Waals surface area contributed by atoms with Gasteiger partial charge in [0.2, 0.25) is 0 Å². The largest absolute Gasteiger partial charge is 0.501 e. The Hall–Kier alpha value is -1.05. The van der Waals surface area contributed by atoms with Crippen LogP contribution in [0, 0.1) is 0 Å². The molecule has 0 atom stereocenters. The van der Waals surface area contributed by atoms with E-state index in [1.54, 1.807) is 20.1 Å². The molecule has 0 heterocycles. The third-order valence-electron chi connectivity index (χ3n) is 0.862. The summed E-state index contributed by atoms with van der Waals surface area (Å²) in [7, 11) is 1.55. The van der Waals surface area contributed by atoms with Crippen molar-refractivity contribution in [3.8, 4) is 0 Å². The zero-order valence-corrected chi connectivity index (χ0v) is 5.68. The molecule has 2 heteroatoms. The van der Waals surface area contributed by atoms with Crippen molar-refractivity contribution in [1.29, 1.82) is 0 Å². The van der Waals surface area contributed by atoms with Crippen molar-refractivity contribution in [3.63, 3.8) is 0 Å². The normalized spacial score (nSPS) is 10.7. The summed E-state index contributed by atoms with van der Waals surface area (Å²) in [4.78, 5) is 9.96. The van der Waals surface area contributed by atoms with Crippen LogP contribution in [0.25, 0.3) is 0 Å². The minimum absolute atomic E-state index is 0.425. The molecule has 0 unspecified atom stereocenters. The van der Waals surface area contributed by atoms with Crippen LogP contribution in [0.4, 0.5) is 0 Å². The standard InChI is InChI=1S/C7H10O2/c1-6(5-8)4-7(2)9-3/h4-5H,1H2,2-3H3/b7-4+. The summed E-state index contributed by atoms with van der Waals surface area (Å²) in [6, 6.07) is 0. The van der Waals surface area contributed by atoms with Crippen LogP contribution in [0.2, 0.25) is 0 Å². The van der Waals surface area contributed by atoms with Gasteiger partial charge in [0.1, 0.15) is 6.29 Å². The summed E-state index contributed by atoms with van der Waals surface area (Å²) in [5.41, 5.74) is 0.425. The summed E-state index contributed by atoms with van der Waals surface area (Å²) in [5.74, 6) is 0.687. The number of carbonyl (C=O) groups excluding carboxylic acids is 1. The van der Waals surface area contributed by atoms with Crippen molar-refractivity contribution in [2.45, 2.75) is 6.92 Å². The van der Waals surface area contributed by atoms with Gasteiger partial charge >= 0.3 is 0 Å². The van der Waals surface area contributed by atoms with Crippen LogP contribution in [0.5, 0.6) is 0 Å².